The van der Waals surface area contributed by atoms with Gasteiger partial charge in [0.2, 0.25) is 0 Å². The molecule has 1 rings (SSSR count). The molecule has 1 aromatic rings. The van der Waals surface area contributed by atoms with Crippen molar-refractivity contribution in [2.24, 2.45) is 5.84 Å². The topological polar surface area (TPSA) is 41.3 Å². The second-order valence-corrected chi connectivity index (χ2v) is 5.51. The molecular weight excluding hydrogens is 210 g/mol. The molecule has 0 saturated heterocycles. The van der Waals surface area contributed by atoms with Crippen molar-refractivity contribution in [2.75, 3.05) is 14.1 Å². The molecule has 1 unspecified atom stereocenters. The van der Waals surface area contributed by atoms with Crippen LogP contribution in [0.25, 0.3) is 0 Å². The fourth-order valence-corrected chi connectivity index (χ4v) is 2.00. The lowest BCUT2D eigenvalue weighted by Crippen LogP contribution is -2.51. The highest BCUT2D eigenvalue weighted by Crippen LogP contribution is 2.31. The number of aryl methyl sites for hydroxylation is 2. The third-order valence-corrected chi connectivity index (χ3v) is 3.77. The molecule has 1 atom stereocenters. The predicted octanol–water partition coefficient (Wildman–Crippen LogP) is 2.15. The maximum Gasteiger partial charge on any atom is 0.0640 e. The zero-order valence-electron chi connectivity index (χ0n) is 11.8. The van der Waals surface area contributed by atoms with E-state index in [1.54, 1.807) is 0 Å². The van der Waals surface area contributed by atoms with Crippen LogP contribution in [0.2, 0.25) is 0 Å². The highest BCUT2D eigenvalue weighted by Gasteiger charge is 2.32. The molecule has 3 heteroatoms. The van der Waals surface area contributed by atoms with Crippen molar-refractivity contribution in [3.8, 4) is 0 Å². The monoisotopic (exact) mass is 235 g/mol. The molecule has 0 aliphatic rings. The summed E-state index contributed by atoms with van der Waals surface area (Å²) in [5.41, 5.74) is 6.72. The van der Waals surface area contributed by atoms with Gasteiger partial charge in [0.05, 0.1) is 6.04 Å². The van der Waals surface area contributed by atoms with Crippen molar-refractivity contribution in [1.29, 1.82) is 0 Å². The molecular formula is C14H25N3. The molecule has 3 nitrogen and oxygen atoms in total. The first-order chi connectivity index (χ1) is 7.80. The van der Waals surface area contributed by atoms with Gasteiger partial charge in [-0.2, -0.15) is 0 Å². The summed E-state index contributed by atoms with van der Waals surface area (Å²) in [5, 5.41) is 0. The smallest absolute Gasteiger partial charge is 0.0640 e. The van der Waals surface area contributed by atoms with E-state index < -0.39 is 0 Å². The normalized spacial score (nSPS) is 14.1. The summed E-state index contributed by atoms with van der Waals surface area (Å²) in [7, 11) is 4.16. The first kappa shape index (κ1) is 14.2. The third kappa shape index (κ3) is 2.86. The number of benzene rings is 1. The Bertz CT molecular complexity index is 383. The van der Waals surface area contributed by atoms with Gasteiger partial charge in [0.1, 0.15) is 0 Å². The number of hydrogen-bond donors (Lipinski definition) is 2. The quantitative estimate of drug-likeness (QED) is 0.620. The van der Waals surface area contributed by atoms with Crippen LogP contribution in [0.4, 0.5) is 0 Å². The van der Waals surface area contributed by atoms with Crippen LogP contribution in [0.5, 0.6) is 0 Å². The van der Waals surface area contributed by atoms with Crippen LogP contribution in [0.1, 0.15) is 36.6 Å². The van der Waals surface area contributed by atoms with Crippen molar-refractivity contribution in [2.45, 2.75) is 39.3 Å². The second kappa shape index (κ2) is 5.17. The summed E-state index contributed by atoms with van der Waals surface area (Å²) in [6, 6.07) is 6.61. The summed E-state index contributed by atoms with van der Waals surface area (Å²) in [4.78, 5) is 2.19. The number of nitrogens with one attached hydrogen (secondary N) is 1. The van der Waals surface area contributed by atoms with Gasteiger partial charge in [0, 0.05) is 5.54 Å². The van der Waals surface area contributed by atoms with Gasteiger partial charge in [-0.05, 0) is 52.9 Å². The van der Waals surface area contributed by atoms with Crippen LogP contribution in [0.15, 0.2) is 18.2 Å². The fraction of sp³-hybridized carbons (Fsp3) is 0.571. The minimum Gasteiger partial charge on any atom is -0.302 e. The fourth-order valence-electron chi connectivity index (χ4n) is 2.00. The zero-order chi connectivity index (χ0) is 13.2. The Morgan fingerprint density at radius 2 is 1.82 bits per heavy atom. The lowest BCUT2D eigenvalue weighted by Gasteiger charge is -2.40. The Labute approximate surface area is 105 Å². The Kier molecular flexibility index (Phi) is 4.31. The molecule has 0 fully saturated rings. The van der Waals surface area contributed by atoms with Gasteiger partial charge in [0.25, 0.3) is 0 Å². The minimum absolute atomic E-state index is 0.0483. The molecule has 3 N–H and O–H groups in total. The molecule has 0 aromatic heterocycles. The van der Waals surface area contributed by atoms with Crippen molar-refractivity contribution < 1.29 is 0 Å². The van der Waals surface area contributed by atoms with Crippen LogP contribution in [-0.4, -0.2) is 24.5 Å². The van der Waals surface area contributed by atoms with E-state index in [9.17, 15) is 0 Å². The van der Waals surface area contributed by atoms with Gasteiger partial charge in [-0.1, -0.05) is 23.8 Å². The van der Waals surface area contributed by atoms with Gasteiger partial charge < -0.3 is 4.90 Å². The van der Waals surface area contributed by atoms with E-state index in [0.717, 1.165) is 0 Å². The molecule has 0 bridgehead atoms. The molecule has 0 saturated carbocycles. The van der Waals surface area contributed by atoms with Crippen LogP contribution in [-0.2, 0) is 0 Å². The Balaban J connectivity index is 3.22. The van der Waals surface area contributed by atoms with Crippen molar-refractivity contribution in [3.05, 3.63) is 34.9 Å². The number of nitrogens with two attached hydrogens (primary N) is 1. The summed E-state index contributed by atoms with van der Waals surface area (Å²) in [6.07, 6.45) is 0. The summed E-state index contributed by atoms with van der Waals surface area (Å²) < 4.78 is 0. The highest BCUT2D eigenvalue weighted by atomic mass is 15.3. The van der Waals surface area contributed by atoms with Crippen molar-refractivity contribution >= 4 is 0 Å². The first-order valence-electron chi connectivity index (χ1n) is 6.01. The van der Waals surface area contributed by atoms with Gasteiger partial charge in [-0.3, -0.25) is 11.3 Å². The first-order valence-corrected chi connectivity index (χ1v) is 6.01. The van der Waals surface area contributed by atoms with Crippen LogP contribution >= 0.6 is 0 Å². The lowest BCUT2D eigenvalue weighted by atomic mass is 9.85. The molecule has 1 aromatic carbocycles. The minimum atomic E-state index is -0.0483. The van der Waals surface area contributed by atoms with E-state index in [-0.39, 0.29) is 11.6 Å². The van der Waals surface area contributed by atoms with E-state index in [1.165, 1.54) is 16.7 Å². The standard InChI is InChI=1S/C14H25N3/c1-10-7-8-11(2)12(9-10)13(16-15)14(3,4)17(5)6/h7-9,13,16H,15H2,1-6H3. The maximum atomic E-state index is 5.77. The summed E-state index contributed by atoms with van der Waals surface area (Å²) in [6.45, 7) is 8.63. The molecule has 0 aliphatic heterocycles. The zero-order valence-corrected chi connectivity index (χ0v) is 11.8. The van der Waals surface area contributed by atoms with E-state index in [4.69, 9.17) is 5.84 Å². The highest BCUT2D eigenvalue weighted by molar-refractivity contribution is 5.34. The average Bonchev–Trinajstić information content (AvgIpc) is 2.23. The van der Waals surface area contributed by atoms with Crippen LogP contribution < -0.4 is 11.3 Å². The number of nitrogens with zero attached hydrogens (tertiary/aromatic N) is 1. The van der Waals surface area contributed by atoms with Crippen LogP contribution in [0, 0.1) is 13.8 Å². The maximum absolute atomic E-state index is 5.77. The molecule has 0 aliphatic carbocycles. The van der Waals surface area contributed by atoms with E-state index in [1.807, 2.05) is 0 Å². The largest absolute Gasteiger partial charge is 0.302 e. The number of rotatable bonds is 4. The van der Waals surface area contributed by atoms with Gasteiger partial charge in [-0.25, -0.2) is 0 Å². The van der Waals surface area contributed by atoms with Crippen LogP contribution in [0.3, 0.4) is 0 Å². The summed E-state index contributed by atoms with van der Waals surface area (Å²) in [5.74, 6) is 5.77. The van der Waals surface area contributed by atoms with Gasteiger partial charge >= 0.3 is 0 Å². The Morgan fingerprint density at radius 3 is 2.29 bits per heavy atom. The van der Waals surface area contributed by atoms with E-state index >= 15 is 0 Å². The number of hydrazine groups is 1. The summed E-state index contributed by atoms with van der Waals surface area (Å²) >= 11 is 0. The van der Waals surface area contributed by atoms with Crippen molar-refractivity contribution in [3.63, 3.8) is 0 Å². The number of hydrogen-bond acceptors (Lipinski definition) is 3. The van der Waals surface area contributed by atoms with Crippen molar-refractivity contribution in [1.82, 2.24) is 10.3 Å². The molecule has 96 valence electrons. The Morgan fingerprint density at radius 1 is 1.24 bits per heavy atom. The predicted molar refractivity (Wildman–Crippen MR) is 73.7 cm³/mol. The van der Waals surface area contributed by atoms with E-state index in [2.05, 4.69) is 70.3 Å². The molecule has 0 radical (unpaired) electrons. The number of likely N-dealkylation sites (N-methyl/N-ethyl adjacent to an activating group) is 1. The van der Waals surface area contributed by atoms with Gasteiger partial charge in [0.15, 0.2) is 0 Å². The second-order valence-electron chi connectivity index (χ2n) is 5.51. The van der Waals surface area contributed by atoms with E-state index in [0.29, 0.717) is 0 Å². The molecule has 17 heavy (non-hydrogen) atoms. The molecule has 0 heterocycles. The third-order valence-electron chi connectivity index (χ3n) is 3.77. The lowest BCUT2D eigenvalue weighted by molar-refractivity contribution is 0.138. The average molecular weight is 235 g/mol. The van der Waals surface area contributed by atoms with Gasteiger partial charge in [-0.15, -0.1) is 0 Å². The SMILES string of the molecule is Cc1ccc(C)c(C(NN)C(C)(C)N(C)C)c1. The Hall–Kier alpha value is -0.900. The molecule has 0 spiro atoms. The molecule has 0 amide bonds.